The fraction of sp³-hybridized carbons (Fsp3) is 0.680. The molecule has 3 rings (SSSR count). The van der Waals surface area contributed by atoms with E-state index in [0.29, 0.717) is 32.7 Å². The van der Waals surface area contributed by atoms with Crippen molar-refractivity contribution in [2.45, 2.75) is 40.0 Å². The maximum atomic E-state index is 12.5. The predicted octanol–water partition coefficient (Wildman–Crippen LogP) is 3.08. The van der Waals surface area contributed by atoms with Crippen LogP contribution in [0, 0.1) is 0 Å². The zero-order chi connectivity index (χ0) is 26.6. The number of halogens is 3. The molecule has 2 fully saturated rings. The van der Waals surface area contributed by atoms with Gasteiger partial charge in [-0.15, -0.1) is 13.2 Å². The van der Waals surface area contributed by atoms with Crippen molar-refractivity contribution in [3.05, 3.63) is 24.3 Å². The summed E-state index contributed by atoms with van der Waals surface area (Å²) in [6.07, 6.45) is -2.12. The average Bonchev–Trinajstić information content (AvgIpc) is 2.87. The first-order chi connectivity index (χ1) is 17.1. The van der Waals surface area contributed by atoms with Crippen molar-refractivity contribution >= 4 is 11.8 Å². The molecular weight excluding hydrogens is 477 g/mol. The Labute approximate surface area is 211 Å². The highest BCUT2D eigenvalue weighted by Gasteiger charge is 2.31. The second-order valence-electron chi connectivity index (χ2n) is 8.78. The van der Waals surface area contributed by atoms with Crippen LogP contribution in [0.1, 0.15) is 33.6 Å². The summed E-state index contributed by atoms with van der Waals surface area (Å²) in [4.78, 5) is 32.9. The number of alkyl halides is 3. The van der Waals surface area contributed by atoms with Crippen LogP contribution in [0.25, 0.3) is 0 Å². The third-order valence-corrected chi connectivity index (χ3v) is 6.18. The zero-order valence-corrected chi connectivity index (χ0v) is 21.6. The SMILES string of the molecule is CCCC.CCN1CCN(C(=O)CN2CCN(C(=O)COc3ccc(OC(F)(F)F)cc3)CC2)CC1. The van der Waals surface area contributed by atoms with E-state index in [1.165, 1.54) is 25.0 Å². The van der Waals surface area contributed by atoms with E-state index in [2.05, 4.69) is 35.3 Å². The molecule has 0 aromatic heterocycles. The molecule has 2 heterocycles. The molecule has 11 heteroatoms. The molecule has 2 aliphatic rings. The Balaban J connectivity index is 0.00000106. The lowest BCUT2D eigenvalue weighted by atomic mass is 10.2. The topological polar surface area (TPSA) is 65.6 Å². The second-order valence-corrected chi connectivity index (χ2v) is 8.78. The number of hydrogen-bond donors (Lipinski definition) is 0. The van der Waals surface area contributed by atoms with E-state index < -0.39 is 6.36 Å². The van der Waals surface area contributed by atoms with E-state index in [0.717, 1.165) is 44.9 Å². The minimum atomic E-state index is -4.75. The second kappa shape index (κ2) is 14.9. The number of benzene rings is 1. The molecule has 0 saturated carbocycles. The molecule has 2 aliphatic heterocycles. The van der Waals surface area contributed by atoms with Gasteiger partial charge in [0.1, 0.15) is 11.5 Å². The van der Waals surface area contributed by atoms with E-state index in [1.807, 2.05) is 4.90 Å². The van der Waals surface area contributed by atoms with Crippen LogP contribution in [0.2, 0.25) is 0 Å². The monoisotopic (exact) mass is 516 g/mol. The number of amides is 2. The van der Waals surface area contributed by atoms with Gasteiger partial charge in [0.25, 0.3) is 5.91 Å². The lowest BCUT2D eigenvalue weighted by Gasteiger charge is -2.37. The zero-order valence-electron chi connectivity index (χ0n) is 21.6. The van der Waals surface area contributed by atoms with Gasteiger partial charge >= 0.3 is 6.36 Å². The summed E-state index contributed by atoms with van der Waals surface area (Å²) in [6.45, 7) is 13.2. The van der Waals surface area contributed by atoms with Crippen LogP contribution < -0.4 is 9.47 Å². The number of piperazine rings is 2. The van der Waals surface area contributed by atoms with Gasteiger partial charge in [0.15, 0.2) is 6.61 Å². The van der Waals surface area contributed by atoms with Crippen molar-refractivity contribution in [3.8, 4) is 11.5 Å². The van der Waals surface area contributed by atoms with Gasteiger partial charge in [-0.1, -0.05) is 33.6 Å². The molecule has 0 spiro atoms. The van der Waals surface area contributed by atoms with Crippen molar-refractivity contribution < 1.29 is 32.2 Å². The Bertz CT molecular complexity index is 789. The molecule has 36 heavy (non-hydrogen) atoms. The van der Waals surface area contributed by atoms with E-state index >= 15 is 0 Å². The van der Waals surface area contributed by atoms with E-state index in [4.69, 9.17) is 4.74 Å². The first-order valence-electron chi connectivity index (χ1n) is 12.6. The Morgan fingerprint density at radius 1 is 0.750 bits per heavy atom. The number of carbonyl (C=O) groups is 2. The van der Waals surface area contributed by atoms with Gasteiger partial charge in [-0.2, -0.15) is 0 Å². The molecule has 0 radical (unpaired) electrons. The molecule has 204 valence electrons. The third kappa shape index (κ3) is 10.6. The number of carbonyl (C=O) groups excluding carboxylic acids is 2. The largest absolute Gasteiger partial charge is 0.573 e. The molecule has 2 amide bonds. The summed E-state index contributed by atoms with van der Waals surface area (Å²) in [7, 11) is 0. The van der Waals surface area contributed by atoms with E-state index in [-0.39, 0.29) is 29.9 Å². The van der Waals surface area contributed by atoms with Crippen molar-refractivity contribution in [1.29, 1.82) is 0 Å². The summed E-state index contributed by atoms with van der Waals surface area (Å²) in [5.41, 5.74) is 0. The van der Waals surface area contributed by atoms with Gasteiger partial charge in [-0.25, -0.2) is 0 Å². The van der Waals surface area contributed by atoms with Crippen LogP contribution in [0.5, 0.6) is 11.5 Å². The van der Waals surface area contributed by atoms with Crippen LogP contribution in [-0.4, -0.2) is 110 Å². The standard InChI is InChI=1S/C21H29F3N4O4.C4H10/c1-2-25-7-11-27(12-8-25)19(29)15-26-9-13-28(14-10-26)20(30)16-31-17-3-5-18(6-4-17)32-21(22,23)24;1-3-4-2/h3-6H,2,7-16H2,1H3;3-4H2,1-2H3. The van der Waals surface area contributed by atoms with Gasteiger partial charge in [-0.3, -0.25) is 14.5 Å². The molecule has 8 nitrogen and oxygen atoms in total. The predicted molar refractivity (Wildman–Crippen MR) is 131 cm³/mol. The molecule has 0 bridgehead atoms. The lowest BCUT2D eigenvalue weighted by Crippen LogP contribution is -2.54. The number of nitrogens with zero attached hydrogens (tertiary/aromatic N) is 4. The molecule has 1 aromatic carbocycles. The number of rotatable bonds is 8. The average molecular weight is 517 g/mol. The third-order valence-electron chi connectivity index (χ3n) is 6.18. The fourth-order valence-corrected chi connectivity index (χ4v) is 3.73. The quantitative estimate of drug-likeness (QED) is 0.529. The first kappa shape index (κ1) is 29.7. The highest BCUT2D eigenvalue weighted by atomic mass is 19.4. The van der Waals surface area contributed by atoms with Gasteiger partial charge in [0.2, 0.25) is 5.91 Å². The molecule has 0 N–H and O–H groups in total. The Morgan fingerprint density at radius 3 is 1.69 bits per heavy atom. The highest BCUT2D eigenvalue weighted by Crippen LogP contribution is 2.24. The van der Waals surface area contributed by atoms with Gasteiger partial charge in [-0.05, 0) is 30.8 Å². The van der Waals surface area contributed by atoms with Gasteiger partial charge in [0.05, 0.1) is 6.54 Å². The van der Waals surface area contributed by atoms with Crippen LogP contribution >= 0.6 is 0 Å². The summed E-state index contributed by atoms with van der Waals surface area (Å²) in [5, 5.41) is 0. The van der Waals surface area contributed by atoms with E-state index in [9.17, 15) is 22.8 Å². The molecular formula is C25H39F3N4O4. The summed E-state index contributed by atoms with van der Waals surface area (Å²) in [6, 6.07) is 4.90. The highest BCUT2D eigenvalue weighted by molar-refractivity contribution is 5.79. The first-order valence-corrected chi connectivity index (χ1v) is 12.6. The van der Waals surface area contributed by atoms with Gasteiger partial charge < -0.3 is 24.2 Å². The fourth-order valence-electron chi connectivity index (χ4n) is 3.73. The van der Waals surface area contributed by atoms with Crippen LogP contribution in [0.4, 0.5) is 13.2 Å². The summed E-state index contributed by atoms with van der Waals surface area (Å²) < 4.78 is 45.8. The van der Waals surface area contributed by atoms with Crippen molar-refractivity contribution in [2.24, 2.45) is 0 Å². The summed E-state index contributed by atoms with van der Waals surface area (Å²) in [5.74, 6) is -0.154. The molecule has 0 atom stereocenters. The van der Waals surface area contributed by atoms with Gasteiger partial charge in [0, 0.05) is 52.4 Å². The number of ether oxygens (including phenoxy) is 2. The molecule has 1 aromatic rings. The maximum absolute atomic E-state index is 12.5. The smallest absolute Gasteiger partial charge is 0.484 e. The lowest BCUT2D eigenvalue weighted by molar-refractivity contribution is -0.274. The minimum Gasteiger partial charge on any atom is -0.484 e. The van der Waals surface area contributed by atoms with Crippen LogP contribution in [0.3, 0.4) is 0 Å². The molecule has 2 saturated heterocycles. The number of hydrogen-bond acceptors (Lipinski definition) is 6. The van der Waals surface area contributed by atoms with Crippen molar-refractivity contribution in [3.63, 3.8) is 0 Å². The normalized spacial score (nSPS) is 17.3. The Morgan fingerprint density at radius 2 is 1.22 bits per heavy atom. The van der Waals surface area contributed by atoms with Crippen LogP contribution in [0.15, 0.2) is 24.3 Å². The van der Waals surface area contributed by atoms with Crippen molar-refractivity contribution in [2.75, 3.05) is 72.1 Å². The number of unbranched alkanes of at least 4 members (excludes halogenated alkanes) is 1. The van der Waals surface area contributed by atoms with Crippen LogP contribution in [-0.2, 0) is 9.59 Å². The van der Waals surface area contributed by atoms with Crippen molar-refractivity contribution in [1.82, 2.24) is 19.6 Å². The van der Waals surface area contributed by atoms with E-state index in [1.54, 1.807) is 4.90 Å². The minimum absolute atomic E-state index is 0.127. The Hall–Kier alpha value is -2.53. The maximum Gasteiger partial charge on any atom is 0.573 e. The molecule has 0 unspecified atom stereocenters. The molecule has 0 aliphatic carbocycles. The summed E-state index contributed by atoms with van der Waals surface area (Å²) >= 11 is 0. The number of likely N-dealkylation sites (N-methyl/N-ethyl adjacent to an activating group) is 1. The Kier molecular flexibility index (Phi) is 12.3.